The zero-order valence-corrected chi connectivity index (χ0v) is 9.39. The molecule has 0 atom stereocenters. The van der Waals surface area contributed by atoms with Crippen molar-refractivity contribution in [2.45, 2.75) is 18.9 Å². The molecule has 2 rings (SSSR count). The molecule has 0 spiro atoms. The quantitative estimate of drug-likeness (QED) is 0.685. The Morgan fingerprint density at radius 1 is 1.57 bits per heavy atom. The molecule has 1 aliphatic rings. The van der Waals surface area contributed by atoms with Gasteiger partial charge in [-0.3, -0.25) is 0 Å². The minimum Gasteiger partial charge on any atom is -0.490 e. The van der Waals surface area contributed by atoms with E-state index in [1.54, 1.807) is 6.07 Å². The molecule has 1 N–H and O–H groups in total. The van der Waals surface area contributed by atoms with Gasteiger partial charge in [-0.25, -0.2) is 9.78 Å². The lowest BCUT2D eigenvalue weighted by atomic mass is 10.3. The second-order valence-electron chi connectivity index (χ2n) is 3.13. The molecule has 1 aromatic heterocycles. The molecule has 5 heteroatoms. The molecule has 4 nitrogen and oxygen atoms in total. The van der Waals surface area contributed by atoms with E-state index in [4.69, 9.17) is 9.84 Å². The standard InChI is InChI=1S/C9H8INO3/c10-8-4-6(14-5-1-2-5)3-7(11-8)9(12)13/h3-5H,1-2H2,(H,12,13). The number of aromatic carboxylic acids is 1. The normalized spacial score (nSPS) is 15.2. The van der Waals surface area contributed by atoms with Crippen LogP contribution in [0.1, 0.15) is 23.3 Å². The molecule has 14 heavy (non-hydrogen) atoms. The number of pyridine rings is 1. The van der Waals surface area contributed by atoms with Crippen molar-refractivity contribution in [2.75, 3.05) is 0 Å². The van der Waals surface area contributed by atoms with Crippen molar-refractivity contribution >= 4 is 28.6 Å². The van der Waals surface area contributed by atoms with Crippen molar-refractivity contribution in [3.05, 3.63) is 21.5 Å². The highest BCUT2D eigenvalue weighted by Crippen LogP contribution is 2.27. The third kappa shape index (κ3) is 2.34. The van der Waals surface area contributed by atoms with Crippen LogP contribution in [-0.2, 0) is 0 Å². The molecule has 0 aromatic carbocycles. The van der Waals surface area contributed by atoms with Gasteiger partial charge in [0.25, 0.3) is 0 Å². The number of carboxylic acids is 1. The highest BCUT2D eigenvalue weighted by Gasteiger charge is 2.24. The fourth-order valence-corrected chi connectivity index (χ4v) is 1.60. The summed E-state index contributed by atoms with van der Waals surface area (Å²) in [6, 6.07) is 3.20. The van der Waals surface area contributed by atoms with Crippen LogP contribution in [0, 0.1) is 3.70 Å². The molecule has 1 fully saturated rings. The second kappa shape index (κ2) is 3.72. The lowest BCUT2D eigenvalue weighted by Crippen LogP contribution is -2.04. The van der Waals surface area contributed by atoms with Crippen molar-refractivity contribution in [2.24, 2.45) is 0 Å². The van der Waals surface area contributed by atoms with Crippen molar-refractivity contribution in [1.29, 1.82) is 0 Å². The Bertz CT molecular complexity index is 376. The Kier molecular flexibility index (Phi) is 2.58. The van der Waals surface area contributed by atoms with E-state index in [0.29, 0.717) is 9.45 Å². The van der Waals surface area contributed by atoms with Gasteiger partial charge in [-0.05, 0) is 35.4 Å². The molecule has 1 heterocycles. The third-order valence-electron chi connectivity index (χ3n) is 1.81. The first kappa shape index (κ1) is 9.70. The summed E-state index contributed by atoms with van der Waals surface area (Å²) in [5, 5.41) is 8.76. The molecule has 0 aliphatic heterocycles. The number of nitrogens with zero attached hydrogens (tertiary/aromatic N) is 1. The van der Waals surface area contributed by atoms with Crippen LogP contribution in [0.25, 0.3) is 0 Å². The van der Waals surface area contributed by atoms with E-state index in [2.05, 4.69) is 4.98 Å². The first-order valence-electron chi connectivity index (χ1n) is 4.22. The molecule has 1 saturated carbocycles. The van der Waals surface area contributed by atoms with Gasteiger partial charge in [0.2, 0.25) is 0 Å². The molecule has 0 unspecified atom stereocenters. The molecule has 0 bridgehead atoms. The van der Waals surface area contributed by atoms with Gasteiger partial charge >= 0.3 is 5.97 Å². The van der Waals surface area contributed by atoms with Gasteiger partial charge in [0.15, 0.2) is 5.69 Å². The number of ether oxygens (including phenoxy) is 1. The molecule has 74 valence electrons. The predicted octanol–water partition coefficient (Wildman–Crippen LogP) is 1.93. The summed E-state index contributed by atoms with van der Waals surface area (Å²) < 4.78 is 6.13. The first-order chi connectivity index (χ1) is 6.65. The van der Waals surface area contributed by atoms with E-state index in [1.165, 1.54) is 6.07 Å². The Hall–Kier alpha value is -0.850. The van der Waals surface area contributed by atoms with E-state index in [1.807, 2.05) is 22.6 Å². The maximum absolute atomic E-state index is 10.7. The topological polar surface area (TPSA) is 59.4 Å². The summed E-state index contributed by atoms with van der Waals surface area (Å²) in [6.45, 7) is 0. The number of rotatable bonds is 3. The molecule has 1 aromatic rings. The zero-order valence-electron chi connectivity index (χ0n) is 7.24. The number of halogens is 1. The van der Waals surface area contributed by atoms with Crippen molar-refractivity contribution in [3.63, 3.8) is 0 Å². The second-order valence-corrected chi connectivity index (χ2v) is 4.24. The Morgan fingerprint density at radius 3 is 2.86 bits per heavy atom. The number of carbonyl (C=O) groups is 1. The zero-order chi connectivity index (χ0) is 10.1. The third-order valence-corrected chi connectivity index (χ3v) is 2.37. The van der Waals surface area contributed by atoms with Gasteiger partial charge in [-0.1, -0.05) is 0 Å². The number of hydrogen-bond acceptors (Lipinski definition) is 3. The molecule has 0 radical (unpaired) electrons. The monoisotopic (exact) mass is 305 g/mol. The average Bonchev–Trinajstić information content (AvgIpc) is 2.87. The van der Waals surface area contributed by atoms with Crippen LogP contribution in [0.4, 0.5) is 0 Å². The summed E-state index contributed by atoms with van der Waals surface area (Å²) in [4.78, 5) is 14.6. The molecule has 0 amide bonds. The van der Waals surface area contributed by atoms with Crippen LogP contribution in [-0.4, -0.2) is 22.2 Å². The molecule has 1 aliphatic carbocycles. The fraction of sp³-hybridized carbons (Fsp3) is 0.333. The maximum atomic E-state index is 10.7. The Balaban J connectivity index is 2.25. The first-order valence-corrected chi connectivity index (χ1v) is 5.30. The van der Waals surface area contributed by atoms with Gasteiger partial charge in [-0.2, -0.15) is 0 Å². The van der Waals surface area contributed by atoms with E-state index in [9.17, 15) is 4.79 Å². The van der Waals surface area contributed by atoms with Crippen molar-refractivity contribution in [1.82, 2.24) is 4.98 Å². The smallest absolute Gasteiger partial charge is 0.354 e. The minimum absolute atomic E-state index is 0.0348. The van der Waals surface area contributed by atoms with Crippen molar-refractivity contribution in [3.8, 4) is 5.75 Å². The fourth-order valence-electron chi connectivity index (χ4n) is 1.03. The van der Waals surface area contributed by atoms with Crippen LogP contribution in [0.3, 0.4) is 0 Å². The largest absolute Gasteiger partial charge is 0.490 e. The van der Waals surface area contributed by atoms with Gasteiger partial charge in [0.05, 0.1) is 6.10 Å². The summed E-state index contributed by atoms with van der Waals surface area (Å²) in [5.74, 6) is -0.423. The van der Waals surface area contributed by atoms with Crippen LogP contribution in [0.5, 0.6) is 5.75 Å². The minimum atomic E-state index is -1.02. The highest BCUT2D eigenvalue weighted by atomic mass is 127. The van der Waals surface area contributed by atoms with Gasteiger partial charge in [0.1, 0.15) is 9.45 Å². The highest BCUT2D eigenvalue weighted by molar-refractivity contribution is 14.1. The molecular weight excluding hydrogens is 297 g/mol. The van der Waals surface area contributed by atoms with E-state index in [0.717, 1.165) is 12.8 Å². The number of carboxylic acid groups (broad SMARTS) is 1. The van der Waals surface area contributed by atoms with E-state index in [-0.39, 0.29) is 11.8 Å². The lowest BCUT2D eigenvalue weighted by Gasteiger charge is -2.05. The van der Waals surface area contributed by atoms with Gasteiger partial charge in [-0.15, -0.1) is 0 Å². The van der Waals surface area contributed by atoms with E-state index < -0.39 is 5.97 Å². The van der Waals surface area contributed by atoms with Crippen LogP contribution in [0.15, 0.2) is 12.1 Å². The Morgan fingerprint density at radius 2 is 2.29 bits per heavy atom. The SMILES string of the molecule is O=C(O)c1cc(OC2CC2)cc(I)n1. The molecular formula is C9H8INO3. The summed E-state index contributed by atoms with van der Waals surface area (Å²) in [6.07, 6.45) is 2.39. The van der Waals surface area contributed by atoms with Gasteiger partial charge < -0.3 is 9.84 Å². The molecule has 0 saturated heterocycles. The number of aromatic nitrogens is 1. The van der Waals surface area contributed by atoms with Crippen LogP contribution in [0.2, 0.25) is 0 Å². The summed E-state index contributed by atoms with van der Waals surface area (Å²) in [7, 11) is 0. The van der Waals surface area contributed by atoms with Crippen LogP contribution >= 0.6 is 22.6 Å². The lowest BCUT2D eigenvalue weighted by molar-refractivity contribution is 0.0689. The van der Waals surface area contributed by atoms with E-state index >= 15 is 0 Å². The number of hydrogen-bond donors (Lipinski definition) is 1. The van der Waals surface area contributed by atoms with Crippen LogP contribution < -0.4 is 4.74 Å². The summed E-state index contributed by atoms with van der Waals surface area (Å²) in [5.41, 5.74) is 0.0348. The average molecular weight is 305 g/mol. The van der Waals surface area contributed by atoms with Crippen molar-refractivity contribution < 1.29 is 14.6 Å². The predicted molar refractivity (Wildman–Crippen MR) is 57.6 cm³/mol. The Labute approximate surface area is 94.4 Å². The maximum Gasteiger partial charge on any atom is 0.354 e. The summed E-state index contributed by atoms with van der Waals surface area (Å²) >= 11 is 1.98. The van der Waals surface area contributed by atoms with Gasteiger partial charge in [0, 0.05) is 12.1 Å².